The van der Waals surface area contributed by atoms with Crippen LogP contribution < -0.4 is 5.32 Å². The smallest absolute Gasteiger partial charge is 0.311 e. The Morgan fingerprint density at radius 1 is 1.21 bits per heavy atom. The lowest BCUT2D eigenvalue weighted by Crippen LogP contribution is -2.45. The first-order chi connectivity index (χ1) is 13.7. The number of benzene rings is 1. The predicted molar refractivity (Wildman–Crippen MR) is 108 cm³/mol. The highest BCUT2D eigenvalue weighted by Crippen LogP contribution is 2.32. The summed E-state index contributed by atoms with van der Waals surface area (Å²) >= 11 is 13.0. The minimum absolute atomic E-state index is 0.0182. The second-order valence-electron chi connectivity index (χ2n) is 6.08. The lowest BCUT2D eigenvalue weighted by Gasteiger charge is -2.21. The molecule has 0 spiro atoms. The number of anilines is 1. The molecule has 0 aliphatic carbocycles. The first-order valence-corrected chi connectivity index (χ1v) is 10.1. The van der Waals surface area contributed by atoms with E-state index in [-0.39, 0.29) is 39.3 Å². The number of aromatic nitrogens is 1. The number of nitrogens with zero attached hydrogens (tertiary/aromatic N) is 2. The number of imide groups is 1. The Balaban J connectivity index is 1.71. The molecule has 0 saturated heterocycles. The van der Waals surface area contributed by atoms with Gasteiger partial charge in [-0.25, -0.2) is 4.98 Å². The fourth-order valence-electron chi connectivity index (χ4n) is 2.74. The van der Waals surface area contributed by atoms with E-state index in [1.807, 2.05) is 0 Å². The molecule has 152 valence electrons. The van der Waals surface area contributed by atoms with Gasteiger partial charge in [0.2, 0.25) is 5.91 Å². The molecule has 1 aromatic carbocycles. The van der Waals surface area contributed by atoms with Gasteiger partial charge < -0.3 is 10.1 Å². The number of carbonyl (C=O) groups excluding carboxylic acids is 4. The summed E-state index contributed by atoms with van der Waals surface area (Å²) < 4.78 is 4.85. The van der Waals surface area contributed by atoms with E-state index in [2.05, 4.69) is 10.3 Å². The Kier molecular flexibility index (Phi) is 6.21. The van der Waals surface area contributed by atoms with Crippen molar-refractivity contribution in [3.63, 3.8) is 0 Å². The van der Waals surface area contributed by atoms with Crippen LogP contribution in [0.25, 0.3) is 0 Å². The number of amides is 3. The Morgan fingerprint density at radius 2 is 1.79 bits per heavy atom. The average Bonchev–Trinajstić information content (AvgIpc) is 3.18. The summed E-state index contributed by atoms with van der Waals surface area (Å²) in [5, 5.41) is 4.69. The van der Waals surface area contributed by atoms with Crippen molar-refractivity contribution in [2.24, 2.45) is 0 Å². The van der Waals surface area contributed by atoms with Crippen molar-refractivity contribution in [3.8, 4) is 0 Å². The summed E-state index contributed by atoms with van der Waals surface area (Å²) in [5.41, 5.74) is 0.631. The van der Waals surface area contributed by atoms with Crippen molar-refractivity contribution < 1.29 is 23.9 Å². The van der Waals surface area contributed by atoms with Crippen LogP contribution in [-0.2, 0) is 20.7 Å². The summed E-state index contributed by atoms with van der Waals surface area (Å²) in [7, 11) is 0. The highest BCUT2D eigenvalue weighted by molar-refractivity contribution is 7.13. The number of ether oxygens (including phenoxy) is 1. The van der Waals surface area contributed by atoms with E-state index in [9.17, 15) is 19.2 Å². The predicted octanol–water partition coefficient (Wildman–Crippen LogP) is 3.18. The molecule has 29 heavy (non-hydrogen) atoms. The van der Waals surface area contributed by atoms with Crippen molar-refractivity contribution >= 4 is 63.4 Å². The van der Waals surface area contributed by atoms with Crippen LogP contribution in [0.2, 0.25) is 10.0 Å². The number of rotatable bonds is 6. The van der Waals surface area contributed by atoms with Gasteiger partial charge in [0.05, 0.1) is 39.9 Å². The zero-order chi connectivity index (χ0) is 21.3. The van der Waals surface area contributed by atoms with Crippen LogP contribution in [-0.4, -0.2) is 46.2 Å². The topological polar surface area (TPSA) is 106 Å². The van der Waals surface area contributed by atoms with E-state index in [0.717, 1.165) is 16.2 Å². The summed E-state index contributed by atoms with van der Waals surface area (Å²) in [6.07, 6.45) is -0.0182. The lowest BCUT2D eigenvalue weighted by atomic mass is 10.1. The maximum Gasteiger partial charge on any atom is 0.311 e. The number of carbonyl (C=O) groups is 4. The minimum atomic E-state index is -1.10. The molecule has 1 atom stereocenters. The number of nitrogens with one attached hydrogen (secondary N) is 1. The molecule has 2 heterocycles. The molecule has 2 aromatic rings. The van der Waals surface area contributed by atoms with Gasteiger partial charge in [0.1, 0.15) is 6.04 Å². The van der Waals surface area contributed by atoms with Gasteiger partial charge in [-0.2, -0.15) is 0 Å². The van der Waals surface area contributed by atoms with Gasteiger partial charge in [0, 0.05) is 5.38 Å². The fraction of sp³-hybridized carbons (Fsp3) is 0.278. The molecule has 3 amide bonds. The molecule has 0 fully saturated rings. The monoisotopic (exact) mass is 455 g/mol. The number of hydrogen-bond acceptors (Lipinski definition) is 7. The van der Waals surface area contributed by atoms with Gasteiger partial charge in [-0.3, -0.25) is 24.1 Å². The SMILES string of the molecule is CCOC(=O)Cc1csc(NC(=O)C(C)N2C(=O)c3cc(Cl)c(Cl)cc3C2=O)n1. The average molecular weight is 456 g/mol. The van der Waals surface area contributed by atoms with E-state index >= 15 is 0 Å². The van der Waals surface area contributed by atoms with Crippen molar-refractivity contribution in [1.82, 2.24) is 9.88 Å². The quantitative estimate of drug-likeness (QED) is 0.529. The Labute approximate surface area is 179 Å². The van der Waals surface area contributed by atoms with E-state index in [0.29, 0.717) is 5.69 Å². The number of thiazole rings is 1. The zero-order valence-corrected chi connectivity index (χ0v) is 17.7. The van der Waals surface area contributed by atoms with Crippen LogP contribution in [0, 0.1) is 0 Å². The first-order valence-electron chi connectivity index (χ1n) is 8.50. The molecule has 3 rings (SSSR count). The Hall–Kier alpha value is -2.49. The van der Waals surface area contributed by atoms with Crippen molar-refractivity contribution in [2.45, 2.75) is 26.3 Å². The molecule has 0 bridgehead atoms. The standard InChI is InChI=1S/C18H15Cl2N3O5S/c1-3-28-14(24)4-9-7-29-18(21-9)22-15(25)8(2)23-16(26)10-5-12(19)13(20)6-11(10)17(23)27/h5-8H,3-4H2,1-2H3,(H,21,22,25). The highest BCUT2D eigenvalue weighted by Gasteiger charge is 2.41. The van der Waals surface area contributed by atoms with Crippen LogP contribution in [0.5, 0.6) is 0 Å². The normalized spacial score (nSPS) is 14.0. The summed E-state index contributed by atoms with van der Waals surface area (Å²) in [6, 6.07) is 1.52. The Bertz CT molecular complexity index is 982. The third-order valence-corrected chi connectivity index (χ3v) is 5.67. The molecular formula is C18H15Cl2N3O5S. The van der Waals surface area contributed by atoms with E-state index in [1.54, 1.807) is 12.3 Å². The molecule has 0 radical (unpaired) electrons. The molecule has 1 aromatic heterocycles. The van der Waals surface area contributed by atoms with Gasteiger partial charge in [-0.05, 0) is 26.0 Å². The van der Waals surface area contributed by atoms with Crippen LogP contribution in [0.4, 0.5) is 5.13 Å². The second-order valence-corrected chi connectivity index (χ2v) is 7.76. The molecule has 8 nitrogen and oxygen atoms in total. The Morgan fingerprint density at radius 3 is 2.34 bits per heavy atom. The first kappa shape index (κ1) is 21.2. The molecule has 1 aliphatic rings. The molecule has 1 unspecified atom stereocenters. The maximum atomic E-state index is 12.6. The molecule has 0 saturated carbocycles. The van der Waals surface area contributed by atoms with E-state index in [4.69, 9.17) is 27.9 Å². The minimum Gasteiger partial charge on any atom is -0.466 e. The largest absolute Gasteiger partial charge is 0.466 e. The summed E-state index contributed by atoms with van der Waals surface area (Å²) in [5.74, 6) is -2.29. The summed E-state index contributed by atoms with van der Waals surface area (Å²) in [6.45, 7) is 3.39. The maximum absolute atomic E-state index is 12.6. The fourth-order valence-corrected chi connectivity index (χ4v) is 3.78. The third-order valence-electron chi connectivity index (χ3n) is 4.14. The highest BCUT2D eigenvalue weighted by atomic mass is 35.5. The van der Waals surface area contributed by atoms with Crippen LogP contribution >= 0.6 is 34.5 Å². The number of esters is 1. The van der Waals surface area contributed by atoms with Crippen molar-refractivity contribution in [2.75, 3.05) is 11.9 Å². The second kappa shape index (κ2) is 8.48. The van der Waals surface area contributed by atoms with Crippen LogP contribution in [0.1, 0.15) is 40.3 Å². The van der Waals surface area contributed by atoms with Crippen molar-refractivity contribution in [3.05, 3.63) is 44.4 Å². The van der Waals surface area contributed by atoms with E-state index in [1.165, 1.54) is 19.1 Å². The van der Waals surface area contributed by atoms with Gasteiger partial charge in [0.15, 0.2) is 5.13 Å². The molecule has 11 heteroatoms. The van der Waals surface area contributed by atoms with Gasteiger partial charge in [-0.1, -0.05) is 23.2 Å². The van der Waals surface area contributed by atoms with Gasteiger partial charge >= 0.3 is 5.97 Å². The van der Waals surface area contributed by atoms with Crippen molar-refractivity contribution in [1.29, 1.82) is 0 Å². The molecule has 1 aliphatic heterocycles. The number of halogens is 2. The summed E-state index contributed by atoms with van der Waals surface area (Å²) in [4.78, 5) is 54.3. The third kappa shape index (κ3) is 4.26. The van der Waals surface area contributed by atoms with Gasteiger partial charge in [0.25, 0.3) is 11.8 Å². The molecular weight excluding hydrogens is 441 g/mol. The number of hydrogen-bond donors (Lipinski definition) is 1. The molecule has 1 N–H and O–H groups in total. The zero-order valence-electron chi connectivity index (χ0n) is 15.3. The lowest BCUT2D eigenvalue weighted by molar-refractivity contribution is -0.142. The van der Waals surface area contributed by atoms with Gasteiger partial charge in [-0.15, -0.1) is 11.3 Å². The van der Waals surface area contributed by atoms with Crippen LogP contribution in [0.3, 0.4) is 0 Å². The number of fused-ring (bicyclic) bond motifs is 1. The van der Waals surface area contributed by atoms with E-state index < -0.39 is 29.7 Å². The van der Waals surface area contributed by atoms with Crippen LogP contribution in [0.15, 0.2) is 17.5 Å².